The van der Waals surface area contributed by atoms with Gasteiger partial charge in [-0.25, -0.2) is 0 Å². The van der Waals surface area contributed by atoms with Gasteiger partial charge < -0.3 is 14.0 Å². The number of aromatic nitrogens is 1. The zero-order chi connectivity index (χ0) is 15.3. The van der Waals surface area contributed by atoms with E-state index in [0.717, 1.165) is 12.1 Å². The van der Waals surface area contributed by atoms with E-state index in [4.69, 9.17) is 4.74 Å². The summed E-state index contributed by atoms with van der Waals surface area (Å²) in [6, 6.07) is 6.18. The Bertz CT molecular complexity index is 578. The average Bonchev–Trinajstić information content (AvgIpc) is 2.90. The van der Waals surface area contributed by atoms with Gasteiger partial charge in [0, 0.05) is 12.5 Å². The lowest BCUT2D eigenvalue weighted by Gasteiger charge is -2.09. The number of esters is 1. The molecule has 0 N–H and O–H groups in total. The number of benzene rings is 1. The van der Waals surface area contributed by atoms with Crippen molar-refractivity contribution in [1.29, 1.82) is 0 Å². The largest absolute Gasteiger partial charge is 0.573 e. The Morgan fingerprint density at radius 3 is 2.38 bits per heavy atom. The molecule has 1 heterocycles. The number of hydrogen-bond donors (Lipinski definition) is 0. The van der Waals surface area contributed by atoms with Crippen molar-refractivity contribution in [3.05, 3.63) is 42.3 Å². The molecule has 0 amide bonds. The molecule has 0 saturated heterocycles. The van der Waals surface area contributed by atoms with Crippen LogP contribution >= 0.6 is 0 Å². The summed E-state index contributed by atoms with van der Waals surface area (Å²) in [6.45, 7) is 0. The summed E-state index contributed by atoms with van der Waals surface area (Å²) >= 11 is 0. The van der Waals surface area contributed by atoms with Crippen LogP contribution in [0.2, 0.25) is 0 Å². The number of rotatable bonds is 5. The minimum Gasteiger partial charge on any atom is -0.427 e. The number of alkyl halides is 3. The lowest BCUT2D eigenvalue weighted by molar-refractivity contribution is -0.274. The summed E-state index contributed by atoms with van der Waals surface area (Å²) in [6.07, 6.45) is -2.94. The molecule has 2 aromatic rings. The van der Waals surface area contributed by atoms with Crippen molar-refractivity contribution in [3.63, 3.8) is 0 Å². The van der Waals surface area contributed by atoms with Gasteiger partial charge >= 0.3 is 12.3 Å². The quantitative estimate of drug-likeness (QED) is 0.627. The Labute approximate surface area is 117 Å². The smallest absolute Gasteiger partial charge is 0.427 e. The fraction of sp³-hybridized carbons (Fsp3) is 0.231. The van der Waals surface area contributed by atoms with Crippen LogP contribution in [0.1, 0.15) is 12.1 Å². The first-order valence-electron chi connectivity index (χ1n) is 5.88. The Kier molecular flexibility index (Phi) is 4.46. The number of halogens is 3. The number of ether oxygens (including phenoxy) is 2. The third kappa shape index (κ3) is 5.17. The minimum atomic E-state index is -4.75. The van der Waals surface area contributed by atoms with Crippen molar-refractivity contribution in [2.45, 2.75) is 19.2 Å². The highest BCUT2D eigenvalue weighted by Crippen LogP contribution is 2.24. The Morgan fingerprint density at radius 1 is 1.14 bits per heavy atom. The topological polar surface area (TPSA) is 61.6 Å². The zero-order valence-corrected chi connectivity index (χ0v) is 10.6. The molecule has 5 nitrogen and oxygen atoms in total. The van der Waals surface area contributed by atoms with Gasteiger partial charge in [0.1, 0.15) is 17.8 Å². The normalized spacial score (nSPS) is 11.2. The van der Waals surface area contributed by atoms with Gasteiger partial charge in [-0.05, 0) is 24.3 Å². The molecular formula is C13H10F3NO4. The van der Waals surface area contributed by atoms with E-state index in [9.17, 15) is 18.0 Å². The Morgan fingerprint density at radius 2 is 1.81 bits per heavy atom. The maximum absolute atomic E-state index is 12.0. The second kappa shape index (κ2) is 6.29. The van der Waals surface area contributed by atoms with E-state index in [0.29, 0.717) is 12.1 Å². The van der Waals surface area contributed by atoms with Crippen molar-refractivity contribution >= 4 is 5.97 Å². The molecule has 2 rings (SSSR count). The zero-order valence-electron chi connectivity index (χ0n) is 10.6. The van der Waals surface area contributed by atoms with E-state index in [-0.39, 0.29) is 17.9 Å². The standard InChI is InChI=1S/C13H10F3NO4/c14-13(15,16)21-11-4-2-10(3-5-11)20-12(18)6-1-9-7-8-19-17-9/h2-5,7-8H,1,6H2. The molecule has 1 aromatic heterocycles. The summed E-state index contributed by atoms with van der Waals surface area (Å²) in [4.78, 5) is 11.5. The van der Waals surface area contributed by atoms with Crippen molar-refractivity contribution < 1.29 is 32.0 Å². The summed E-state index contributed by atoms with van der Waals surface area (Å²) < 4.78 is 49.2. The molecule has 0 saturated carbocycles. The monoisotopic (exact) mass is 301 g/mol. The number of aryl methyl sites for hydroxylation is 1. The van der Waals surface area contributed by atoms with Crippen LogP contribution in [0.4, 0.5) is 13.2 Å². The molecule has 0 spiro atoms. The predicted molar refractivity (Wildman–Crippen MR) is 63.6 cm³/mol. The van der Waals surface area contributed by atoms with Crippen LogP contribution in [0.5, 0.6) is 11.5 Å². The number of carbonyl (C=O) groups is 1. The summed E-state index contributed by atoms with van der Waals surface area (Å²) in [5.74, 6) is -0.776. The second-order valence-corrected chi connectivity index (χ2v) is 3.98. The summed E-state index contributed by atoms with van der Waals surface area (Å²) in [5, 5.41) is 3.64. The van der Waals surface area contributed by atoms with Crippen LogP contribution in [-0.4, -0.2) is 17.5 Å². The van der Waals surface area contributed by atoms with Gasteiger partial charge in [-0.3, -0.25) is 4.79 Å². The van der Waals surface area contributed by atoms with Gasteiger partial charge in [0.15, 0.2) is 0 Å². The maximum Gasteiger partial charge on any atom is 0.573 e. The SMILES string of the molecule is O=C(CCc1ccon1)Oc1ccc(OC(F)(F)F)cc1. The van der Waals surface area contributed by atoms with E-state index in [2.05, 4.69) is 14.4 Å². The first kappa shape index (κ1) is 14.9. The first-order valence-corrected chi connectivity index (χ1v) is 5.88. The molecule has 0 unspecified atom stereocenters. The molecule has 0 radical (unpaired) electrons. The highest BCUT2D eigenvalue weighted by molar-refractivity contribution is 5.72. The fourth-order valence-corrected chi connectivity index (χ4v) is 1.49. The van der Waals surface area contributed by atoms with Crippen molar-refractivity contribution in [3.8, 4) is 11.5 Å². The number of carbonyl (C=O) groups excluding carboxylic acids is 1. The van der Waals surface area contributed by atoms with Crippen LogP contribution in [0.3, 0.4) is 0 Å². The molecule has 0 aliphatic heterocycles. The molecule has 0 fully saturated rings. The molecular weight excluding hydrogens is 291 g/mol. The molecule has 8 heteroatoms. The van der Waals surface area contributed by atoms with Crippen LogP contribution in [-0.2, 0) is 11.2 Å². The van der Waals surface area contributed by atoms with Crippen LogP contribution in [0.25, 0.3) is 0 Å². The Balaban J connectivity index is 1.83. The molecule has 0 aliphatic carbocycles. The van der Waals surface area contributed by atoms with Crippen LogP contribution < -0.4 is 9.47 Å². The fourth-order valence-electron chi connectivity index (χ4n) is 1.49. The third-order valence-electron chi connectivity index (χ3n) is 2.37. The predicted octanol–water partition coefficient (Wildman–Crippen LogP) is 3.11. The van der Waals surface area contributed by atoms with E-state index >= 15 is 0 Å². The maximum atomic E-state index is 12.0. The van der Waals surface area contributed by atoms with Gasteiger partial charge in [0.2, 0.25) is 0 Å². The van der Waals surface area contributed by atoms with Crippen LogP contribution in [0, 0.1) is 0 Å². The summed E-state index contributed by atoms with van der Waals surface area (Å²) in [7, 11) is 0. The van der Waals surface area contributed by atoms with Crippen LogP contribution in [0.15, 0.2) is 41.1 Å². The van der Waals surface area contributed by atoms with E-state index in [1.165, 1.54) is 18.4 Å². The van der Waals surface area contributed by atoms with Crippen molar-refractivity contribution in [1.82, 2.24) is 5.16 Å². The third-order valence-corrected chi connectivity index (χ3v) is 2.37. The number of hydrogen-bond acceptors (Lipinski definition) is 5. The molecule has 0 aliphatic rings. The van der Waals surface area contributed by atoms with Gasteiger partial charge in [-0.2, -0.15) is 0 Å². The molecule has 112 valence electrons. The molecule has 0 bridgehead atoms. The highest BCUT2D eigenvalue weighted by atomic mass is 19.4. The first-order chi connectivity index (χ1) is 9.92. The molecule has 0 atom stereocenters. The minimum absolute atomic E-state index is 0.0767. The Hall–Kier alpha value is -2.51. The van der Waals surface area contributed by atoms with E-state index in [1.54, 1.807) is 6.07 Å². The van der Waals surface area contributed by atoms with E-state index < -0.39 is 12.3 Å². The molecule has 21 heavy (non-hydrogen) atoms. The lowest BCUT2D eigenvalue weighted by atomic mass is 10.2. The van der Waals surface area contributed by atoms with Crippen molar-refractivity contribution in [2.24, 2.45) is 0 Å². The summed E-state index contributed by atoms with van der Waals surface area (Å²) in [5.41, 5.74) is 0.612. The van der Waals surface area contributed by atoms with Gasteiger partial charge in [0.25, 0.3) is 0 Å². The van der Waals surface area contributed by atoms with Gasteiger partial charge in [-0.1, -0.05) is 5.16 Å². The van der Waals surface area contributed by atoms with Gasteiger partial charge in [0.05, 0.1) is 12.1 Å². The van der Waals surface area contributed by atoms with Crippen molar-refractivity contribution in [2.75, 3.05) is 0 Å². The lowest BCUT2D eigenvalue weighted by Crippen LogP contribution is -2.17. The number of nitrogens with zero attached hydrogens (tertiary/aromatic N) is 1. The van der Waals surface area contributed by atoms with E-state index in [1.807, 2.05) is 0 Å². The highest BCUT2D eigenvalue weighted by Gasteiger charge is 2.30. The average molecular weight is 301 g/mol. The molecule has 1 aromatic carbocycles. The second-order valence-electron chi connectivity index (χ2n) is 3.98. The van der Waals surface area contributed by atoms with Gasteiger partial charge in [-0.15, -0.1) is 13.2 Å².